The molecule has 32 heavy (non-hydrogen) atoms. The first-order chi connectivity index (χ1) is 15.4. The molecular weight excluding hydrogens is 406 g/mol. The summed E-state index contributed by atoms with van der Waals surface area (Å²) in [5.74, 6) is 1.40. The first-order valence-corrected chi connectivity index (χ1v) is 10.8. The van der Waals surface area contributed by atoms with E-state index in [2.05, 4.69) is 41.3 Å². The number of rotatable bonds is 7. The second-order valence-electron chi connectivity index (χ2n) is 8.25. The van der Waals surface area contributed by atoms with Crippen molar-refractivity contribution >= 4 is 5.96 Å². The van der Waals surface area contributed by atoms with E-state index in [0.29, 0.717) is 25.4 Å². The molecule has 8 nitrogen and oxygen atoms in total. The highest BCUT2D eigenvalue weighted by Gasteiger charge is 2.39. The molecule has 2 heterocycles. The monoisotopic (exact) mass is 435 g/mol. The number of aliphatic hydroxyl groups excluding tert-OH is 1. The molecule has 4 rings (SSSR count). The molecule has 0 saturated carbocycles. The summed E-state index contributed by atoms with van der Waals surface area (Å²) in [6.45, 7) is 5.19. The number of likely N-dealkylation sites (tertiary alicyclic amines) is 1. The molecule has 3 aromatic rings. The molecule has 1 saturated heterocycles. The Morgan fingerprint density at radius 2 is 2.03 bits per heavy atom. The van der Waals surface area contributed by atoms with Crippen molar-refractivity contribution in [1.82, 2.24) is 15.0 Å². The summed E-state index contributed by atoms with van der Waals surface area (Å²) in [5.41, 5.74) is 9.99. The summed E-state index contributed by atoms with van der Waals surface area (Å²) in [7, 11) is 0. The molecule has 1 aliphatic heterocycles. The zero-order valence-corrected chi connectivity index (χ0v) is 18.4. The predicted octanol–water partition coefficient (Wildman–Crippen LogP) is 3.37. The Bertz CT molecular complexity index is 1080. The number of hydrogen-bond acceptors (Lipinski definition) is 6. The average Bonchev–Trinajstić information content (AvgIpc) is 3.40. The fourth-order valence-corrected chi connectivity index (χ4v) is 3.98. The van der Waals surface area contributed by atoms with Crippen LogP contribution in [0.4, 0.5) is 0 Å². The Labute approximate surface area is 187 Å². The van der Waals surface area contributed by atoms with Crippen LogP contribution in [0, 0.1) is 19.3 Å². The van der Waals surface area contributed by atoms with E-state index in [-0.39, 0.29) is 11.9 Å². The first-order valence-electron chi connectivity index (χ1n) is 10.8. The third kappa shape index (κ3) is 4.75. The van der Waals surface area contributed by atoms with E-state index >= 15 is 0 Å². The van der Waals surface area contributed by atoms with Crippen molar-refractivity contribution in [3.8, 4) is 17.1 Å². The molecule has 8 heteroatoms. The van der Waals surface area contributed by atoms with Gasteiger partial charge in [0, 0.05) is 12.1 Å². The summed E-state index contributed by atoms with van der Waals surface area (Å²) in [6, 6.07) is 13.8. The first kappa shape index (κ1) is 21.8. The van der Waals surface area contributed by atoms with E-state index in [1.807, 2.05) is 25.1 Å². The number of aliphatic hydroxyl groups is 1. The molecule has 0 spiro atoms. The molecule has 2 atom stereocenters. The van der Waals surface area contributed by atoms with Crippen LogP contribution in [0.5, 0.6) is 5.75 Å². The van der Waals surface area contributed by atoms with Gasteiger partial charge >= 0.3 is 0 Å². The summed E-state index contributed by atoms with van der Waals surface area (Å²) in [4.78, 5) is 6.03. The fourth-order valence-electron chi connectivity index (χ4n) is 3.98. The molecule has 1 fully saturated rings. The van der Waals surface area contributed by atoms with Crippen LogP contribution < -0.4 is 10.5 Å². The van der Waals surface area contributed by atoms with Crippen molar-refractivity contribution in [1.29, 1.82) is 5.41 Å². The maximum Gasteiger partial charge on any atom is 0.252 e. The number of nitrogens with one attached hydrogen (secondary N) is 1. The van der Waals surface area contributed by atoms with Gasteiger partial charge in [0.25, 0.3) is 5.89 Å². The summed E-state index contributed by atoms with van der Waals surface area (Å²) in [5, 5.41) is 22.0. The van der Waals surface area contributed by atoms with Gasteiger partial charge in [0.05, 0.1) is 12.7 Å². The molecule has 4 N–H and O–H groups in total. The normalized spacial score (nSPS) is 18.2. The molecule has 0 bridgehead atoms. The lowest BCUT2D eigenvalue weighted by Crippen LogP contribution is -2.37. The van der Waals surface area contributed by atoms with Crippen molar-refractivity contribution in [2.24, 2.45) is 5.73 Å². The van der Waals surface area contributed by atoms with Crippen LogP contribution >= 0.6 is 0 Å². The SMILES string of the molecule is Cc1ccc(CCCOc2ccc(-c3noc([C@@H]4[C@@H](O)CCN4C(=N)N)n3)cc2C)cc1. The van der Waals surface area contributed by atoms with Gasteiger partial charge in [-0.15, -0.1) is 0 Å². The maximum atomic E-state index is 10.3. The van der Waals surface area contributed by atoms with Crippen LogP contribution in [0.25, 0.3) is 11.4 Å². The van der Waals surface area contributed by atoms with Crippen LogP contribution in [0.15, 0.2) is 47.0 Å². The predicted molar refractivity (Wildman–Crippen MR) is 121 cm³/mol. The van der Waals surface area contributed by atoms with E-state index in [1.165, 1.54) is 11.1 Å². The lowest BCUT2D eigenvalue weighted by molar-refractivity contribution is 0.118. The lowest BCUT2D eigenvalue weighted by Gasteiger charge is -2.22. The van der Waals surface area contributed by atoms with E-state index in [1.54, 1.807) is 4.90 Å². The quantitative estimate of drug-likeness (QED) is 0.295. The number of aryl methyl sites for hydroxylation is 3. The van der Waals surface area contributed by atoms with Crippen LogP contribution in [0.3, 0.4) is 0 Å². The van der Waals surface area contributed by atoms with Gasteiger partial charge in [-0.2, -0.15) is 4.98 Å². The third-order valence-corrected chi connectivity index (χ3v) is 5.79. The second-order valence-corrected chi connectivity index (χ2v) is 8.25. The summed E-state index contributed by atoms with van der Waals surface area (Å²) < 4.78 is 11.4. The van der Waals surface area contributed by atoms with Crippen molar-refractivity contribution in [2.45, 2.75) is 45.3 Å². The van der Waals surface area contributed by atoms with Crippen LogP contribution in [0.1, 0.15) is 41.5 Å². The molecule has 0 amide bonds. The summed E-state index contributed by atoms with van der Waals surface area (Å²) >= 11 is 0. The van der Waals surface area contributed by atoms with E-state index in [0.717, 1.165) is 29.7 Å². The zero-order chi connectivity index (χ0) is 22.7. The number of benzene rings is 2. The van der Waals surface area contributed by atoms with Crippen molar-refractivity contribution in [2.75, 3.05) is 13.2 Å². The van der Waals surface area contributed by atoms with Crippen LogP contribution in [0.2, 0.25) is 0 Å². The van der Waals surface area contributed by atoms with E-state index < -0.39 is 12.1 Å². The minimum atomic E-state index is -0.704. The number of hydrogen-bond donors (Lipinski definition) is 3. The van der Waals surface area contributed by atoms with Crippen molar-refractivity contribution < 1.29 is 14.4 Å². The van der Waals surface area contributed by atoms with E-state index in [4.69, 9.17) is 20.4 Å². The second kappa shape index (κ2) is 9.40. The highest BCUT2D eigenvalue weighted by molar-refractivity contribution is 5.75. The van der Waals surface area contributed by atoms with Gasteiger partial charge in [0.15, 0.2) is 5.96 Å². The third-order valence-electron chi connectivity index (χ3n) is 5.79. The van der Waals surface area contributed by atoms with Crippen LogP contribution in [-0.2, 0) is 6.42 Å². The lowest BCUT2D eigenvalue weighted by atomic mass is 10.1. The number of ether oxygens (including phenoxy) is 1. The Morgan fingerprint density at radius 1 is 1.25 bits per heavy atom. The molecule has 1 aliphatic rings. The highest BCUT2D eigenvalue weighted by Crippen LogP contribution is 2.32. The van der Waals surface area contributed by atoms with Crippen molar-refractivity contribution in [3.05, 3.63) is 65.0 Å². The van der Waals surface area contributed by atoms with Gasteiger partial charge in [0.1, 0.15) is 11.8 Å². The largest absolute Gasteiger partial charge is 0.493 e. The van der Waals surface area contributed by atoms with Gasteiger partial charge in [-0.3, -0.25) is 5.41 Å². The topological polar surface area (TPSA) is 121 Å². The minimum Gasteiger partial charge on any atom is -0.493 e. The van der Waals surface area contributed by atoms with Gasteiger partial charge < -0.3 is 25.0 Å². The smallest absolute Gasteiger partial charge is 0.252 e. The van der Waals surface area contributed by atoms with Gasteiger partial charge in [0.2, 0.25) is 5.82 Å². The number of nitrogens with two attached hydrogens (primary N) is 1. The molecular formula is C24H29N5O3. The maximum absolute atomic E-state index is 10.3. The van der Waals surface area contributed by atoms with Gasteiger partial charge in [-0.05, 0) is 62.4 Å². The molecule has 1 aromatic heterocycles. The molecule has 2 aromatic carbocycles. The average molecular weight is 436 g/mol. The highest BCUT2D eigenvalue weighted by atomic mass is 16.5. The molecule has 168 valence electrons. The Balaban J connectivity index is 1.38. The zero-order valence-electron chi connectivity index (χ0n) is 18.4. The summed E-state index contributed by atoms with van der Waals surface area (Å²) in [6.07, 6.45) is 1.71. The Kier molecular flexibility index (Phi) is 6.41. The minimum absolute atomic E-state index is 0.119. The number of guanidine groups is 1. The van der Waals surface area contributed by atoms with Gasteiger partial charge in [-0.1, -0.05) is 35.0 Å². The molecule has 0 aliphatic carbocycles. The Hall–Kier alpha value is -3.39. The van der Waals surface area contributed by atoms with Gasteiger partial charge in [-0.25, -0.2) is 0 Å². The Morgan fingerprint density at radius 3 is 2.75 bits per heavy atom. The van der Waals surface area contributed by atoms with Crippen molar-refractivity contribution in [3.63, 3.8) is 0 Å². The fraction of sp³-hybridized carbons (Fsp3) is 0.375. The standard InChI is InChI=1S/C24H29N5O3/c1-15-5-7-17(8-6-15)4-3-13-31-20-10-9-18(14-16(20)2)22-27-23(32-28-22)21-19(30)11-12-29(21)24(25)26/h5-10,14,19,21,30H,3-4,11-13H2,1-2H3,(H3,25,26)/t19-,21-/m0/s1. The molecule has 0 radical (unpaired) electrons. The number of nitrogens with zero attached hydrogens (tertiary/aromatic N) is 3. The molecule has 0 unspecified atom stereocenters. The number of aromatic nitrogens is 2. The van der Waals surface area contributed by atoms with Crippen LogP contribution in [-0.4, -0.2) is 45.4 Å². The van der Waals surface area contributed by atoms with E-state index in [9.17, 15) is 5.11 Å².